The number of fused-ring (bicyclic) bond motifs is 1. The summed E-state index contributed by atoms with van der Waals surface area (Å²) in [5, 5.41) is 3.20. The second-order valence-corrected chi connectivity index (χ2v) is 8.12. The molecule has 1 unspecified atom stereocenters. The van der Waals surface area contributed by atoms with Crippen LogP contribution in [0.15, 0.2) is 42.3 Å². The average molecular weight is 397 g/mol. The molecule has 1 fully saturated rings. The second-order valence-electron chi connectivity index (χ2n) is 8.12. The van der Waals surface area contributed by atoms with E-state index in [9.17, 15) is 18.4 Å². The zero-order chi connectivity index (χ0) is 21.0. The molecule has 0 radical (unpaired) electrons. The summed E-state index contributed by atoms with van der Waals surface area (Å²) in [5.41, 5.74) is 3.07. The predicted molar refractivity (Wildman–Crippen MR) is 106 cm³/mol. The molecule has 150 valence electrons. The number of amides is 1. The lowest BCUT2D eigenvalue weighted by Gasteiger charge is -2.27. The maximum atomic E-state index is 13.0. The Hall–Kier alpha value is -2.96. The summed E-state index contributed by atoms with van der Waals surface area (Å²) >= 11 is 0. The average Bonchev–Trinajstić information content (AvgIpc) is 3.30. The smallest absolute Gasteiger partial charge is 0.260 e. The van der Waals surface area contributed by atoms with Crippen molar-refractivity contribution in [1.82, 2.24) is 9.97 Å². The highest BCUT2D eigenvalue weighted by molar-refractivity contribution is 5.96. The van der Waals surface area contributed by atoms with Crippen molar-refractivity contribution >= 4 is 34.0 Å². The number of halogens is 2. The number of allylic oxidation sites excluding steroid dienone is 4. The molecular weight excluding hydrogens is 376 g/mol. The third kappa shape index (κ3) is 3.57. The fraction of sp³-hybridized carbons (Fsp3) is 0.364. The van der Waals surface area contributed by atoms with Gasteiger partial charge in [0.15, 0.2) is 0 Å². The fourth-order valence-electron chi connectivity index (χ4n) is 3.63. The van der Waals surface area contributed by atoms with Gasteiger partial charge in [-0.25, -0.2) is 13.8 Å². The summed E-state index contributed by atoms with van der Waals surface area (Å²) in [6.45, 7) is 5.51. The number of pyridine rings is 2. The van der Waals surface area contributed by atoms with Crippen molar-refractivity contribution in [2.75, 3.05) is 5.32 Å². The maximum Gasteiger partial charge on any atom is 0.260 e. The molecule has 2 aromatic rings. The molecule has 2 atom stereocenters. The molecule has 2 heterocycles. The van der Waals surface area contributed by atoms with Gasteiger partial charge in [-0.05, 0) is 44.4 Å². The summed E-state index contributed by atoms with van der Waals surface area (Å²) in [5.74, 6) is -4.57. The van der Waals surface area contributed by atoms with E-state index in [0.29, 0.717) is 11.9 Å². The van der Waals surface area contributed by atoms with Crippen LogP contribution in [0.1, 0.15) is 39.2 Å². The number of hydrogen-bond acceptors (Lipinski definition) is 4. The predicted octanol–water partition coefficient (Wildman–Crippen LogP) is 4.55. The van der Waals surface area contributed by atoms with Gasteiger partial charge in [-0.3, -0.25) is 14.6 Å². The Morgan fingerprint density at radius 1 is 1.21 bits per heavy atom. The van der Waals surface area contributed by atoms with E-state index in [1.165, 1.54) is 0 Å². The van der Waals surface area contributed by atoms with Crippen molar-refractivity contribution in [3.05, 3.63) is 47.8 Å². The van der Waals surface area contributed by atoms with Gasteiger partial charge in [0.1, 0.15) is 17.5 Å². The number of hydrogen-bond donors (Lipinski definition) is 1. The standard InChI is InChI=1S/C22H21F2N3O2/c1-12-8-21(3,13(2)28)5-4-16(12)14-6-15-11-26-19(7-18(15)25-10-14)27-20(29)17-9-22(17,23)24/h4,6-8,10-11,17H,5,9H2,1-3H3,(H,26,27,29)/t17-,21?/m1/s1. The molecule has 1 N–H and O–H groups in total. The quantitative estimate of drug-likeness (QED) is 0.821. The number of anilines is 1. The van der Waals surface area contributed by atoms with Crippen LogP contribution in [0.4, 0.5) is 14.6 Å². The first-order chi connectivity index (χ1) is 13.6. The van der Waals surface area contributed by atoms with Crippen molar-refractivity contribution in [2.24, 2.45) is 11.3 Å². The molecule has 1 amide bonds. The van der Waals surface area contributed by atoms with Crippen molar-refractivity contribution in [3.63, 3.8) is 0 Å². The number of Topliss-reactive ketones (excluding diaryl/α,β-unsaturated/α-hetero) is 1. The number of alkyl halides is 2. The molecule has 7 heteroatoms. The molecule has 5 nitrogen and oxygen atoms in total. The van der Waals surface area contributed by atoms with Crippen LogP contribution in [-0.2, 0) is 9.59 Å². The van der Waals surface area contributed by atoms with E-state index in [2.05, 4.69) is 21.4 Å². The molecule has 2 aromatic heterocycles. The van der Waals surface area contributed by atoms with E-state index in [1.54, 1.807) is 25.4 Å². The number of nitrogens with zero attached hydrogens (tertiary/aromatic N) is 2. The summed E-state index contributed by atoms with van der Waals surface area (Å²) in [7, 11) is 0. The third-order valence-electron chi connectivity index (χ3n) is 5.76. The van der Waals surface area contributed by atoms with E-state index in [4.69, 9.17) is 0 Å². The van der Waals surface area contributed by atoms with Gasteiger partial charge in [0.05, 0.1) is 5.52 Å². The molecule has 2 aliphatic rings. The molecule has 29 heavy (non-hydrogen) atoms. The van der Waals surface area contributed by atoms with Gasteiger partial charge >= 0.3 is 0 Å². The van der Waals surface area contributed by atoms with Gasteiger partial charge in [-0.15, -0.1) is 0 Å². The SMILES string of the molecule is CC(=O)C1(C)C=C(C)C(c2cnc3cc(NC(=O)[C@H]4CC4(F)F)ncc3c2)=CC1. The Labute approximate surface area is 166 Å². The number of carbonyl (C=O) groups is 2. The Bertz CT molecular complexity index is 1110. The zero-order valence-electron chi connectivity index (χ0n) is 16.4. The number of nitrogens with one attached hydrogen (secondary N) is 1. The summed E-state index contributed by atoms with van der Waals surface area (Å²) < 4.78 is 26.1. The summed E-state index contributed by atoms with van der Waals surface area (Å²) in [6.07, 6.45) is 7.55. The van der Waals surface area contributed by atoms with Gasteiger partial charge in [-0.1, -0.05) is 12.2 Å². The lowest BCUT2D eigenvalue weighted by Crippen LogP contribution is -2.24. The van der Waals surface area contributed by atoms with E-state index >= 15 is 0 Å². The first kappa shape index (κ1) is 19.4. The summed E-state index contributed by atoms with van der Waals surface area (Å²) in [6, 6.07) is 3.51. The Morgan fingerprint density at radius 3 is 2.55 bits per heavy atom. The Balaban J connectivity index is 1.57. The number of ketones is 1. The van der Waals surface area contributed by atoms with E-state index in [-0.39, 0.29) is 11.6 Å². The Morgan fingerprint density at radius 2 is 1.93 bits per heavy atom. The van der Waals surface area contributed by atoms with Crippen LogP contribution in [0.3, 0.4) is 0 Å². The number of aromatic nitrogens is 2. The van der Waals surface area contributed by atoms with Crippen LogP contribution in [0.25, 0.3) is 16.5 Å². The van der Waals surface area contributed by atoms with Crippen LogP contribution in [0.2, 0.25) is 0 Å². The van der Waals surface area contributed by atoms with Gasteiger partial charge in [0, 0.05) is 41.2 Å². The topological polar surface area (TPSA) is 72.0 Å². The Kier molecular flexibility index (Phi) is 4.37. The molecule has 4 rings (SSSR count). The van der Waals surface area contributed by atoms with Crippen LogP contribution in [0, 0.1) is 11.3 Å². The zero-order valence-corrected chi connectivity index (χ0v) is 16.4. The minimum absolute atomic E-state index is 0.131. The second kappa shape index (κ2) is 6.54. The molecule has 0 aromatic carbocycles. The van der Waals surface area contributed by atoms with Crippen molar-refractivity contribution < 1.29 is 18.4 Å². The van der Waals surface area contributed by atoms with Crippen LogP contribution in [0.5, 0.6) is 0 Å². The molecule has 1 saturated carbocycles. The molecule has 2 aliphatic carbocycles. The summed E-state index contributed by atoms with van der Waals surface area (Å²) in [4.78, 5) is 32.3. The molecule has 0 saturated heterocycles. The molecule has 0 aliphatic heterocycles. The third-order valence-corrected chi connectivity index (χ3v) is 5.76. The highest BCUT2D eigenvalue weighted by Crippen LogP contribution is 2.49. The van der Waals surface area contributed by atoms with Crippen molar-refractivity contribution in [1.29, 1.82) is 0 Å². The van der Waals surface area contributed by atoms with Gasteiger partial charge in [-0.2, -0.15) is 0 Å². The largest absolute Gasteiger partial charge is 0.310 e. The lowest BCUT2D eigenvalue weighted by atomic mass is 9.75. The highest BCUT2D eigenvalue weighted by Gasteiger charge is 2.61. The minimum atomic E-state index is -2.91. The fourth-order valence-corrected chi connectivity index (χ4v) is 3.63. The van der Waals surface area contributed by atoms with Crippen LogP contribution < -0.4 is 5.32 Å². The van der Waals surface area contributed by atoms with Crippen LogP contribution in [-0.4, -0.2) is 27.6 Å². The van der Waals surface area contributed by atoms with Gasteiger partial charge in [0.2, 0.25) is 5.91 Å². The maximum absolute atomic E-state index is 13.0. The minimum Gasteiger partial charge on any atom is -0.310 e. The number of rotatable bonds is 4. The van der Waals surface area contributed by atoms with Crippen LogP contribution >= 0.6 is 0 Å². The molecule has 0 spiro atoms. The highest BCUT2D eigenvalue weighted by atomic mass is 19.3. The first-order valence-electron chi connectivity index (χ1n) is 9.45. The lowest BCUT2D eigenvalue weighted by molar-refractivity contribution is -0.123. The van der Waals surface area contributed by atoms with Crippen molar-refractivity contribution in [2.45, 2.75) is 39.5 Å². The van der Waals surface area contributed by atoms with Gasteiger partial charge < -0.3 is 5.32 Å². The molecular formula is C22H21F2N3O2. The van der Waals surface area contributed by atoms with Gasteiger partial charge in [0.25, 0.3) is 5.92 Å². The molecule has 0 bridgehead atoms. The van der Waals surface area contributed by atoms with E-state index in [0.717, 1.165) is 22.1 Å². The van der Waals surface area contributed by atoms with E-state index < -0.39 is 29.6 Å². The number of carbonyl (C=O) groups excluding carboxylic acids is 2. The normalized spacial score (nSPS) is 25.2. The first-order valence-corrected chi connectivity index (χ1v) is 9.45. The monoisotopic (exact) mass is 397 g/mol. The van der Waals surface area contributed by atoms with E-state index in [1.807, 2.05) is 26.0 Å². The van der Waals surface area contributed by atoms with Crippen molar-refractivity contribution in [3.8, 4) is 0 Å².